The molecular formula is C9H11N3O2. The lowest BCUT2D eigenvalue weighted by Crippen LogP contribution is -2.35. The lowest BCUT2D eigenvalue weighted by molar-refractivity contribution is 0.195. The summed E-state index contributed by atoms with van der Waals surface area (Å²) in [5.74, 6) is 1.96. The highest BCUT2D eigenvalue weighted by Crippen LogP contribution is 2.64. The molecule has 2 amide bonds. The Kier molecular flexibility index (Phi) is 1.33. The van der Waals surface area contributed by atoms with Gasteiger partial charge in [0, 0.05) is 0 Å². The highest BCUT2D eigenvalue weighted by molar-refractivity contribution is 5.72. The van der Waals surface area contributed by atoms with Crippen molar-refractivity contribution in [3.63, 3.8) is 0 Å². The van der Waals surface area contributed by atoms with Gasteiger partial charge in [-0.25, -0.2) is 4.79 Å². The normalized spacial score (nSPS) is 46.1. The fraction of sp³-hybridized carbons (Fsp3) is 0.667. The van der Waals surface area contributed by atoms with Gasteiger partial charge < -0.3 is 5.73 Å². The van der Waals surface area contributed by atoms with E-state index in [4.69, 9.17) is 5.73 Å². The van der Waals surface area contributed by atoms with Crippen LogP contribution in [0.25, 0.3) is 0 Å². The van der Waals surface area contributed by atoms with Crippen molar-refractivity contribution < 1.29 is 4.79 Å². The maximum Gasteiger partial charge on any atom is 0.338 e. The van der Waals surface area contributed by atoms with Gasteiger partial charge in [-0.3, -0.25) is 0 Å². The van der Waals surface area contributed by atoms with E-state index in [-0.39, 0.29) is 6.04 Å². The van der Waals surface area contributed by atoms with Crippen LogP contribution in [0, 0.1) is 28.6 Å². The molecule has 0 aromatic heterocycles. The summed E-state index contributed by atoms with van der Waals surface area (Å²) >= 11 is 0. The minimum absolute atomic E-state index is 0.0243. The van der Waals surface area contributed by atoms with Gasteiger partial charge in [-0.15, -0.1) is 4.91 Å². The molecule has 3 aliphatic rings. The first kappa shape index (κ1) is 7.96. The zero-order chi connectivity index (χ0) is 9.87. The third-order valence-corrected chi connectivity index (χ3v) is 3.83. The predicted molar refractivity (Wildman–Crippen MR) is 48.7 cm³/mol. The Balaban J connectivity index is 1.80. The molecule has 0 spiro atoms. The first-order valence-electron chi connectivity index (χ1n) is 4.84. The molecule has 4 atom stereocenters. The molecule has 2 fully saturated rings. The van der Waals surface area contributed by atoms with E-state index in [1.54, 1.807) is 0 Å². The smallest absolute Gasteiger partial charge is 0.338 e. The predicted octanol–water partition coefficient (Wildman–Crippen LogP) is 0.869. The number of hydrogen-bond acceptors (Lipinski definition) is 3. The largest absolute Gasteiger partial charge is 0.350 e. The summed E-state index contributed by atoms with van der Waals surface area (Å²) < 4.78 is 0. The van der Waals surface area contributed by atoms with E-state index in [1.165, 1.54) is 6.42 Å². The topological polar surface area (TPSA) is 75.8 Å². The summed E-state index contributed by atoms with van der Waals surface area (Å²) in [5, 5.41) is 3.63. The zero-order valence-electron chi connectivity index (χ0n) is 7.54. The highest BCUT2D eigenvalue weighted by atomic mass is 16.3. The molecule has 0 radical (unpaired) electrons. The number of carbonyl (C=O) groups excluding carboxylic acids is 1. The minimum Gasteiger partial charge on any atom is -0.350 e. The van der Waals surface area contributed by atoms with E-state index in [0.29, 0.717) is 23.7 Å². The third kappa shape index (κ3) is 0.773. The molecule has 14 heavy (non-hydrogen) atoms. The van der Waals surface area contributed by atoms with E-state index >= 15 is 0 Å². The summed E-state index contributed by atoms with van der Waals surface area (Å²) in [6, 6.07) is -0.748. The van der Waals surface area contributed by atoms with E-state index in [1.807, 2.05) is 0 Å². The van der Waals surface area contributed by atoms with Crippen LogP contribution < -0.4 is 5.73 Å². The number of urea groups is 1. The number of fused-ring (bicyclic) bond motifs is 5. The number of amides is 2. The Bertz CT molecular complexity index is 323. The van der Waals surface area contributed by atoms with Gasteiger partial charge in [-0.05, 0) is 30.1 Å². The maximum atomic E-state index is 10.9. The monoisotopic (exact) mass is 193 g/mol. The molecule has 4 unspecified atom stereocenters. The number of rotatable bonds is 2. The standard InChI is InChI=1S/C9H11N3O2/c10-9(13)12(11-14)8-6-4-1-2-5(3-4)7(6)8/h1-2,4-8H,3H2,(H2,10,13). The zero-order valence-corrected chi connectivity index (χ0v) is 7.54. The maximum absolute atomic E-state index is 10.9. The van der Waals surface area contributed by atoms with Gasteiger partial charge in [0.25, 0.3) is 0 Å². The van der Waals surface area contributed by atoms with Gasteiger partial charge in [0.1, 0.15) is 0 Å². The highest BCUT2D eigenvalue weighted by Gasteiger charge is 2.66. The van der Waals surface area contributed by atoms with Gasteiger partial charge >= 0.3 is 6.03 Å². The van der Waals surface area contributed by atoms with Crippen molar-refractivity contribution in [2.24, 2.45) is 34.7 Å². The average molecular weight is 193 g/mol. The molecule has 5 heteroatoms. The first-order valence-corrected chi connectivity index (χ1v) is 4.84. The van der Waals surface area contributed by atoms with Crippen LogP contribution in [0.2, 0.25) is 0 Å². The number of nitrogens with zero attached hydrogens (tertiary/aromatic N) is 2. The van der Waals surface area contributed by atoms with Crippen LogP contribution in [-0.2, 0) is 0 Å². The van der Waals surface area contributed by atoms with Gasteiger partial charge in [0.2, 0.25) is 0 Å². The van der Waals surface area contributed by atoms with Gasteiger partial charge in [0.05, 0.1) is 11.3 Å². The molecule has 0 aromatic rings. The molecule has 2 saturated carbocycles. The van der Waals surface area contributed by atoms with Crippen LogP contribution in [-0.4, -0.2) is 17.1 Å². The summed E-state index contributed by atoms with van der Waals surface area (Å²) in [5.41, 5.74) is 5.08. The van der Waals surface area contributed by atoms with Crippen molar-refractivity contribution >= 4 is 6.03 Å². The van der Waals surface area contributed by atoms with Crippen LogP contribution in [0.5, 0.6) is 0 Å². The van der Waals surface area contributed by atoms with Gasteiger partial charge in [-0.2, -0.15) is 5.01 Å². The summed E-state index contributed by atoms with van der Waals surface area (Å²) in [6.07, 6.45) is 5.56. The SMILES string of the molecule is NC(=O)N(N=O)C1C2C3C=CC(C3)C21. The Morgan fingerprint density at radius 1 is 1.36 bits per heavy atom. The summed E-state index contributed by atoms with van der Waals surface area (Å²) in [4.78, 5) is 21.4. The number of nitroso groups, excluding NO2 is 1. The van der Waals surface area contributed by atoms with Crippen LogP contribution in [0.4, 0.5) is 4.79 Å². The molecule has 3 aliphatic carbocycles. The van der Waals surface area contributed by atoms with E-state index < -0.39 is 6.03 Å². The fourth-order valence-corrected chi connectivity index (χ4v) is 3.31. The fourth-order valence-electron chi connectivity index (χ4n) is 3.31. The van der Waals surface area contributed by atoms with E-state index in [9.17, 15) is 9.70 Å². The van der Waals surface area contributed by atoms with Crippen molar-refractivity contribution in [2.45, 2.75) is 12.5 Å². The van der Waals surface area contributed by atoms with Crippen LogP contribution >= 0.6 is 0 Å². The molecular weight excluding hydrogens is 182 g/mol. The molecule has 0 aliphatic heterocycles. The molecule has 0 saturated heterocycles. The Labute approximate surface area is 80.9 Å². The first-order chi connectivity index (χ1) is 6.74. The lowest BCUT2D eigenvalue weighted by atomic mass is 10.0. The third-order valence-electron chi connectivity index (χ3n) is 3.83. The Hall–Kier alpha value is -1.39. The van der Waals surface area contributed by atoms with E-state index in [2.05, 4.69) is 17.4 Å². The molecule has 5 nitrogen and oxygen atoms in total. The van der Waals surface area contributed by atoms with Crippen molar-refractivity contribution in [3.05, 3.63) is 17.1 Å². The second-order valence-corrected chi connectivity index (χ2v) is 4.36. The Morgan fingerprint density at radius 2 is 1.93 bits per heavy atom. The molecule has 74 valence electrons. The second-order valence-electron chi connectivity index (χ2n) is 4.36. The average Bonchev–Trinajstić information content (AvgIpc) is 2.57. The number of allylic oxidation sites excluding steroid dienone is 2. The lowest BCUT2D eigenvalue weighted by Gasteiger charge is -2.14. The van der Waals surface area contributed by atoms with Gasteiger partial charge in [-0.1, -0.05) is 12.2 Å². The molecule has 2 bridgehead atoms. The molecule has 0 aromatic carbocycles. The Morgan fingerprint density at radius 3 is 2.36 bits per heavy atom. The molecule has 2 N–H and O–H groups in total. The summed E-state index contributed by atoms with van der Waals surface area (Å²) in [7, 11) is 0. The van der Waals surface area contributed by atoms with Crippen molar-refractivity contribution in [1.82, 2.24) is 5.01 Å². The van der Waals surface area contributed by atoms with Gasteiger partial charge in [0.15, 0.2) is 0 Å². The van der Waals surface area contributed by atoms with Crippen LogP contribution in [0.15, 0.2) is 17.4 Å². The van der Waals surface area contributed by atoms with E-state index in [0.717, 1.165) is 5.01 Å². The minimum atomic E-state index is -0.723. The summed E-state index contributed by atoms with van der Waals surface area (Å²) in [6.45, 7) is 0. The second kappa shape index (κ2) is 2.34. The van der Waals surface area contributed by atoms with Crippen molar-refractivity contribution in [1.29, 1.82) is 0 Å². The van der Waals surface area contributed by atoms with Crippen molar-refractivity contribution in [2.75, 3.05) is 0 Å². The molecule has 3 rings (SSSR count). The number of nitrogens with two attached hydrogens (primary N) is 1. The number of hydrogen-bond donors (Lipinski definition) is 1. The van der Waals surface area contributed by atoms with Crippen molar-refractivity contribution in [3.8, 4) is 0 Å². The quantitative estimate of drug-likeness (QED) is 0.401. The number of carbonyl (C=O) groups is 1. The number of primary amides is 1. The van der Waals surface area contributed by atoms with Crippen LogP contribution in [0.3, 0.4) is 0 Å². The molecule has 0 heterocycles. The van der Waals surface area contributed by atoms with Crippen LogP contribution in [0.1, 0.15) is 6.42 Å².